The van der Waals surface area contributed by atoms with Crippen LogP contribution in [0.5, 0.6) is 5.75 Å². The van der Waals surface area contributed by atoms with Crippen molar-refractivity contribution in [3.63, 3.8) is 0 Å². The first kappa shape index (κ1) is 14.7. The molecule has 0 radical (unpaired) electrons. The minimum Gasteiger partial charge on any atom is -0.487 e. The summed E-state index contributed by atoms with van der Waals surface area (Å²) in [7, 11) is 0. The Labute approximate surface area is 130 Å². The van der Waals surface area contributed by atoms with Gasteiger partial charge in [0.05, 0.1) is 8.95 Å². The molecule has 0 heterocycles. The second kappa shape index (κ2) is 5.72. The van der Waals surface area contributed by atoms with E-state index in [0.717, 1.165) is 34.0 Å². The van der Waals surface area contributed by atoms with Crippen molar-refractivity contribution in [2.24, 2.45) is 5.41 Å². The lowest BCUT2D eigenvalue weighted by molar-refractivity contribution is -0.0470. The molecule has 1 aliphatic rings. The van der Waals surface area contributed by atoms with Gasteiger partial charge in [0.1, 0.15) is 11.9 Å². The van der Waals surface area contributed by atoms with Crippen LogP contribution in [0.25, 0.3) is 0 Å². The highest BCUT2D eigenvalue weighted by molar-refractivity contribution is 9.11. The van der Waals surface area contributed by atoms with Crippen LogP contribution < -0.4 is 4.74 Å². The molecule has 1 saturated carbocycles. The van der Waals surface area contributed by atoms with E-state index < -0.39 is 0 Å². The second-order valence-corrected chi connectivity index (χ2v) is 7.04. The zero-order valence-corrected chi connectivity index (χ0v) is 14.5. The summed E-state index contributed by atoms with van der Waals surface area (Å²) in [6.45, 7) is 4.40. The molecule has 2 unspecified atom stereocenters. The lowest BCUT2D eigenvalue weighted by Gasteiger charge is -2.52. The van der Waals surface area contributed by atoms with Crippen LogP contribution in [-0.4, -0.2) is 11.5 Å². The predicted octanol–water partition coefficient (Wildman–Crippen LogP) is 5.78. The van der Waals surface area contributed by atoms with Gasteiger partial charge in [-0.3, -0.25) is 0 Å². The average molecular weight is 397 g/mol. The van der Waals surface area contributed by atoms with Crippen molar-refractivity contribution >= 4 is 43.5 Å². The van der Waals surface area contributed by atoms with Gasteiger partial charge in [0, 0.05) is 17.2 Å². The maximum Gasteiger partial charge on any atom is 0.148 e. The number of rotatable bonds is 4. The summed E-state index contributed by atoms with van der Waals surface area (Å²) in [5.74, 6) is 0.886. The van der Waals surface area contributed by atoms with Crippen molar-refractivity contribution in [3.8, 4) is 5.75 Å². The smallest absolute Gasteiger partial charge is 0.148 e. The van der Waals surface area contributed by atoms with Crippen molar-refractivity contribution in [2.45, 2.75) is 44.6 Å². The Kier molecular flexibility index (Phi) is 4.66. The Morgan fingerprint density at radius 1 is 1.28 bits per heavy atom. The summed E-state index contributed by atoms with van der Waals surface area (Å²) in [5, 5.41) is 0.235. The van der Waals surface area contributed by atoms with E-state index in [-0.39, 0.29) is 16.9 Å². The van der Waals surface area contributed by atoms with Crippen molar-refractivity contribution < 1.29 is 4.74 Å². The summed E-state index contributed by atoms with van der Waals surface area (Å²) in [6, 6.07) is 5.98. The molecule has 0 N–H and O–H groups in total. The van der Waals surface area contributed by atoms with E-state index in [1.807, 2.05) is 18.2 Å². The Hall–Kier alpha value is 0.270. The van der Waals surface area contributed by atoms with Crippen LogP contribution in [0, 0.1) is 5.41 Å². The minimum atomic E-state index is 0.121. The number of ether oxygens (including phenoxy) is 1. The number of hydrogen-bond donors (Lipinski definition) is 0. The molecule has 4 heteroatoms. The molecule has 1 aromatic carbocycles. The largest absolute Gasteiger partial charge is 0.487 e. The number of halogens is 3. The van der Waals surface area contributed by atoms with Crippen LogP contribution in [0.3, 0.4) is 0 Å². The van der Waals surface area contributed by atoms with E-state index in [1.54, 1.807) is 0 Å². The lowest BCUT2D eigenvalue weighted by atomic mass is 9.62. The maximum absolute atomic E-state index is 6.41. The third kappa shape index (κ3) is 2.34. The summed E-state index contributed by atoms with van der Waals surface area (Å²) >= 11 is 13.5. The topological polar surface area (TPSA) is 9.23 Å². The first-order chi connectivity index (χ1) is 8.55. The van der Waals surface area contributed by atoms with Crippen molar-refractivity contribution in [1.82, 2.24) is 0 Å². The van der Waals surface area contributed by atoms with Crippen LogP contribution in [0.2, 0.25) is 0 Å². The van der Waals surface area contributed by atoms with Gasteiger partial charge in [-0.05, 0) is 56.8 Å². The molecule has 1 aromatic rings. The fraction of sp³-hybridized carbons (Fsp3) is 0.571. The molecule has 0 aliphatic heterocycles. The molecule has 18 heavy (non-hydrogen) atoms. The molecule has 0 bridgehead atoms. The fourth-order valence-electron chi connectivity index (χ4n) is 2.75. The highest BCUT2D eigenvalue weighted by atomic mass is 79.9. The van der Waals surface area contributed by atoms with Gasteiger partial charge < -0.3 is 4.74 Å². The SMILES string of the molecule is CCC1(CC)C(Cl)CC1Oc1c(Br)cccc1Br. The van der Waals surface area contributed by atoms with Gasteiger partial charge in [-0.25, -0.2) is 0 Å². The maximum atomic E-state index is 6.41. The van der Waals surface area contributed by atoms with Gasteiger partial charge in [-0.1, -0.05) is 19.9 Å². The van der Waals surface area contributed by atoms with Gasteiger partial charge in [0.15, 0.2) is 0 Å². The van der Waals surface area contributed by atoms with E-state index in [2.05, 4.69) is 45.7 Å². The summed E-state index contributed by atoms with van der Waals surface area (Å²) in [6.07, 6.45) is 3.26. The van der Waals surface area contributed by atoms with Crippen LogP contribution >= 0.6 is 43.5 Å². The number of para-hydroxylation sites is 1. The number of benzene rings is 1. The Morgan fingerprint density at radius 3 is 2.28 bits per heavy atom. The first-order valence-electron chi connectivity index (χ1n) is 6.30. The molecule has 2 rings (SSSR count). The van der Waals surface area contributed by atoms with Crippen LogP contribution in [0.15, 0.2) is 27.1 Å². The van der Waals surface area contributed by atoms with Gasteiger partial charge >= 0.3 is 0 Å². The molecule has 1 nitrogen and oxygen atoms in total. The summed E-state index contributed by atoms with van der Waals surface area (Å²) < 4.78 is 8.17. The monoisotopic (exact) mass is 394 g/mol. The third-order valence-electron chi connectivity index (χ3n) is 4.18. The van der Waals surface area contributed by atoms with Crippen LogP contribution in [-0.2, 0) is 0 Å². The molecule has 1 fully saturated rings. The molecule has 0 amide bonds. The molecular formula is C14H17Br2ClO. The van der Waals surface area contributed by atoms with Crippen molar-refractivity contribution in [2.75, 3.05) is 0 Å². The van der Waals surface area contributed by atoms with E-state index in [1.165, 1.54) is 0 Å². The average Bonchev–Trinajstić information content (AvgIpc) is 2.34. The number of alkyl halides is 1. The summed E-state index contributed by atoms with van der Waals surface area (Å²) in [5.41, 5.74) is 0.121. The highest BCUT2D eigenvalue weighted by Gasteiger charge is 2.53. The van der Waals surface area contributed by atoms with Gasteiger partial charge in [-0.15, -0.1) is 11.6 Å². The van der Waals surface area contributed by atoms with Crippen molar-refractivity contribution in [1.29, 1.82) is 0 Å². The number of hydrogen-bond acceptors (Lipinski definition) is 1. The van der Waals surface area contributed by atoms with Crippen LogP contribution in [0.4, 0.5) is 0 Å². The zero-order valence-electron chi connectivity index (χ0n) is 10.6. The minimum absolute atomic E-state index is 0.121. The van der Waals surface area contributed by atoms with E-state index in [9.17, 15) is 0 Å². The quantitative estimate of drug-likeness (QED) is 0.587. The van der Waals surface area contributed by atoms with E-state index >= 15 is 0 Å². The molecule has 0 spiro atoms. The normalized spacial score (nSPS) is 25.6. The van der Waals surface area contributed by atoms with Crippen LogP contribution in [0.1, 0.15) is 33.1 Å². The van der Waals surface area contributed by atoms with Crippen molar-refractivity contribution in [3.05, 3.63) is 27.1 Å². The predicted molar refractivity (Wildman–Crippen MR) is 83.5 cm³/mol. The Balaban J connectivity index is 2.20. The first-order valence-corrected chi connectivity index (χ1v) is 8.32. The lowest BCUT2D eigenvalue weighted by Crippen LogP contribution is -2.56. The van der Waals surface area contributed by atoms with Gasteiger partial charge in [0.25, 0.3) is 0 Å². The standard InChI is InChI=1S/C14H17Br2ClO/c1-3-14(4-2)11(17)8-12(14)18-13-9(15)6-5-7-10(13)16/h5-7,11-12H,3-4,8H2,1-2H3. The van der Waals surface area contributed by atoms with Gasteiger partial charge in [-0.2, -0.15) is 0 Å². The third-order valence-corrected chi connectivity index (χ3v) is 6.04. The van der Waals surface area contributed by atoms with E-state index in [4.69, 9.17) is 16.3 Å². The Morgan fingerprint density at radius 2 is 1.83 bits per heavy atom. The molecule has 2 atom stereocenters. The molecular weight excluding hydrogens is 379 g/mol. The molecule has 100 valence electrons. The molecule has 1 aliphatic carbocycles. The Bertz CT molecular complexity index is 412. The molecule has 0 aromatic heterocycles. The van der Waals surface area contributed by atoms with E-state index in [0.29, 0.717) is 0 Å². The van der Waals surface area contributed by atoms with Gasteiger partial charge in [0.2, 0.25) is 0 Å². The molecule has 0 saturated heterocycles. The summed E-state index contributed by atoms with van der Waals surface area (Å²) in [4.78, 5) is 0. The fourth-order valence-corrected chi connectivity index (χ4v) is 4.55. The second-order valence-electron chi connectivity index (χ2n) is 4.80. The zero-order chi connectivity index (χ0) is 13.3. The highest BCUT2D eigenvalue weighted by Crippen LogP contribution is 2.52.